The van der Waals surface area contributed by atoms with Crippen LogP contribution in [0.25, 0.3) is 21.9 Å². The van der Waals surface area contributed by atoms with Gasteiger partial charge in [-0.3, -0.25) is 24.5 Å². The molecule has 0 bridgehead atoms. The Balaban J connectivity index is 1.30. The van der Waals surface area contributed by atoms with E-state index in [1.807, 2.05) is 12.1 Å². The maximum atomic E-state index is 13.0. The maximum Gasteiger partial charge on any atom is 0.317 e. The number of nitrogen functional groups attached to an aromatic ring is 1. The Bertz CT molecular complexity index is 1490. The Labute approximate surface area is 206 Å². The number of nitrogens with zero attached hydrogens (tertiary/aromatic N) is 4. The first kappa shape index (κ1) is 21.8. The van der Waals surface area contributed by atoms with E-state index in [0.29, 0.717) is 24.5 Å². The third kappa shape index (κ3) is 4.02. The van der Waals surface area contributed by atoms with Gasteiger partial charge in [0.1, 0.15) is 12.4 Å². The third-order valence-electron chi connectivity index (χ3n) is 6.23. The Kier molecular flexibility index (Phi) is 5.33. The first-order valence-electron chi connectivity index (χ1n) is 11.7. The molecule has 10 heteroatoms. The van der Waals surface area contributed by atoms with Crippen LogP contribution in [0, 0.1) is 0 Å². The highest BCUT2D eigenvalue weighted by atomic mass is 16.5. The number of hydrogen-bond acceptors (Lipinski definition) is 8. The molecule has 0 radical (unpaired) electrons. The molecule has 4 N–H and O–H groups in total. The molecule has 36 heavy (non-hydrogen) atoms. The van der Waals surface area contributed by atoms with Gasteiger partial charge in [0.15, 0.2) is 5.75 Å². The van der Waals surface area contributed by atoms with E-state index < -0.39 is 11.8 Å². The van der Waals surface area contributed by atoms with Crippen molar-refractivity contribution in [2.45, 2.75) is 18.9 Å². The molecule has 2 aliphatic rings. The Morgan fingerprint density at radius 1 is 1.11 bits per heavy atom. The van der Waals surface area contributed by atoms with Crippen molar-refractivity contribution in [3.8, 4) is 16.9 Å². The Hall–Kier alpha value is -4.73. The van der Waals surface area contributed by atoms with Gasteiger partial charge in [-0.05, 0) is 54.1 Å². The number of nitrogens with two attached hydrogens (primary N) is 1. The zero-order chi connectivity index (χ0) is 24.6. The molecule has 0 atom stereocenters. The minimum absolute atomic E-state index is 0.00138. The van der Waals surface area contributed by atoms with E-state index in [1.54, 1.807) is 49.2 Å². The molecule has 0 spiro atoms. The van der Waals surface area contributed by atoms with Gasteiger partial charge in [0, 0.05) is 47.8 Å². The summed E-state index contributed by atoms with van der Waals surface area (Å²) in [6, 6.07) is 9.00. The van der Waals surface area contributed by atoms with Crippen LogP contribution in [0.3, 0.4) is 0 Å². The monoisotopic (exact) mass is 481 g/mol. The van der Waals surface area contributed by atoms with Crippen molar-refractivity contribution in [2.75, 3.05) is 34.4 Å². The number of anilines is 4. The number of nitrogens with one attached hydrogen (secondary N) is 2. The first-order valence-corrected chi connectivity index (χ1v) is 11.7. The van der Waals surface area contributed by atoms with E-state index in [9.17, 15) is 9.59 Å². The Morgan fingerprint density at radius 2 is 2.00 bits per heavy atom. The van der Waals surface area contributed by atoms with Crippen molar-refractivity contribution in [3.63, 3.8) is 0 Å². The molecule has 1 aliphatic heterocycles. The molecule has 1 aliphatic carbocycles. The highest BCUT2D eigenvalue weighted by Crippen LogP contribution is 2.39. The van der Waals surface area contributed by atoms with Crippen LogP contribution < -0.4 is 26.0 Å². The lowest BCUT2D eigenvalue weighted by Crippen LogP contribution is -2.41. The topological polar surface area (TPSA) is 135 Å². The number of carbonyl (C=O) groups excluding carboxylic acids is 2. The van der Waals surface area contributed by atoms with Gasteiger partial charge in [-0.1, -0.05) is 0 Å². The SMILES string of the molecule is Nc1cc(-c2cncc3c2OCCN3)cc2cc(NC(=O)C(=O)N(c3cccnc3)C3CC3)ncc12. The zero-order valence-corrected chi connectivity index (χ0v) is 19.3. The summed E-state index contributed by atoms with van der Waals surface area (Å²) in [6.45, 7) is 1.27. The van der Waals surface area contributed by atoms with Gasteiger partial charge >= 0.3 is 11.8 Å². The van der Waals surface area contributed by atoms with Gasteiger partial charge in [0.2, 0.25) is 0 Å². The smallest absolute Gasteiger partial charge is 0.317 e. The zero-order valence-electron chi connectivity index (χ0n) is 19.3. The molecule has 2 amide bonds. The van der Waals surface area contributed by atoms with Gasteiger partial charge in [-0.2, -0.15) is 0 Å². The third-order valence-corrected chi connectivity index (χ3v) is 6.23. The minimum atomic E-state index is -0.762. The van der Waals surface area contributed by atoms with Gasteiger partial charge in [0.05, 0.1) is 23.8 Å². The van der Waals surface area contributed by atoms with Crippen molar-refractivity contribution in [2.24, 2.45) is 0 Å². The second-order valence-corrected chi connectivity index (χ2v) is 8.77. The van der Waals surface area contributed by atoms with Crippen LogP contribution in [0.1, 0.15) is 12.8 Å². The van der Waals surface area contributed by atoms with Gasteiger partial charge in [-0.25, -0.2) is 4.98 Å². The summed E-state index contributed by atoms with van der Waals surface area (Å²) >= 11 is 0. The molecule has 4 heterocycles. The van der Waals surface area contributed by atoms with E-state index >= 15 is 0 Å². The molecular formula is C26H23N7O3. The number of aromatic nitrogens is 3. The molecule has 1 fully saturated rings. The summed E-state index contributed by atoms with van der Waals surface area (Å²) in [5.74, 6) is -0.431. The van der Waals surface area contributed by atoms with Crippen molar-refractivity contribution >= 4 is 45.5 Å². The number of benzene rings is 1. The number of carbonyl (C=O) groups is 2. The highest BCUT2D eigenvalue weighted by Gasteiger charge is 2.37. The number of amides is 2. The molecule has 4 aromatic rings. The standard InChI is InChI=1S/C26H23N7O3/c27-21-9-15(20-12-29-14-22-24(20)36-7-6-30-22)8-16-10-23(31-13-19(16)21)32-25(34)26(35)33(17-3-4-17)18-2-1-5-28-11-18/h1-2,5,8-14,17,30H,3-4,6-7,27H2,(H,31,32,34). The Morgan fingerprint density at radius 3 is 2.81 bits per heavy atom. The van der Waals surface area contributed by atoms with Crippen LogP contribution in [0.4, 0.5) is 22.9 Å². The molecule has 10 nitrogen and oxygen atoms in total. The van der Waals surface area contributed by atoms with Gasteiger partial charge in [-0.15, -0.1) is 0 Å². The van der Waals surface area contributed by atoms with E-state index in [0.717, 1.165) is 46.2 Å². The molecule has 180 valence electrons. The largest absolute Gasteiger partial charge is 0.489 e. The molecule has 3 aromatic heterocycles. The lowest BCUT2D eigenvalue weighted by atomic mass is 10.0. The van der Waals surface area contributed by atoms with E-state index in [1.165, 1.54) is 4.90 Å². The summed E-state index contributed by atoms with van der Waals surface area (Å²) < 4.78 is 5.89. The number of hydrogen-bond donors (Lipinski definition) is 3. The van der Waals surface area contributed by atoms with Gasteiger partial charge < -0.3 is 21.1 Å². The predicted octanol–water partition coefficient (Wildman–Crippen LogP) is 3.21. The van der Waals surface area contributed by atoms with Crippen LogP contribution in [-0.2, 0) is 9.59 Å². The van der Waals surface area contributed by atoms with Crippen molar-refractivity contribution in [3.05, 3.63) is 61.3 Å². The second kappa shape index (κ2) is 8.81. The van der Waals surface area contributed by atoms with Crippen molar-refractivity contribution in [1.82, 2.24) is 15.0 Å². The lowest BCUT2D eigenvalue weighted by Gasteiger charge is -2.22. The second-order valence-electron chi connectivity index (χ2n) is 8.77. The van der Waals surface area contributed by atoms with Gasteiger partial charge in [0.25, 0.3) is 0 Å². The maximum absolute atomic E-state index is 13.0. The van der Waals surface area contributed by atoms with E-state index in [2.05, 4.69) is 25.6 Å². The summed E-state index contributed by atoms with van der Waals surface area (Å²) in [5, 5.41) is 7.42. The van der Waals surface area contributed by atoms with Crippen molar-refractivity contribution in [1.29, 1.82) is 0 Å². The fourth-order valence-electron chi connectivity index (χ4n) is 4.39. The number of ether oxygens (including phenoxy) is 1. The summed E-state index contributed by atoms with van der Waals surface area (Å²) in [5.41, 5.74) is 9.93. The normalized spacial score (nSPS) is 14.3. The number of rotatable bonds is 4. The molecule has 0 saturated heterocycles. The van der Waals surface area contributed by atoms with Crippen LogP contribution in [0.5, 0.6) is 5.75 Å². The summed E-state index contributed by atoms with van der Waals surface area (Å²) in [4.78, 5) is 40.1. The first-order chi connectivity index (χ1) is 17.6. The average molecular weight is 482 g/mol. The van der Waals surface area contributed by atoms with Crippen LogP contribution in [0.2, 0.25) is 0 Å². The molecule has 1 aromatic carbocycles. The molecule has 1 saturated carbocycles. The summed E-state index contributed by atoms with van der Waals surface area (Å²) in [7, 11) is 0. The average Bonchev–Trinajstić information content (AvgIpc) is 3.74. The van der Waals surface area contributed by atoms with Crippen LogP contribution >= 0.6 is 0 Å². The lowest BCUT2D eigenvalue weighted by molar-refractivity contribution is -0.134. The highest BCUT2D eigenvalue weighted by molar-refractivity contribution is 6.44. The molecular weight excluding hydrogens is 458 g/mol. The molecule has 6 rings (SSSR count). The quantitative estimate of drug-likeness (QED) is 0.299. The minimum Gasteiger partial charge on any atom is -0.489 e. The van der Waals surface area contributed by atoms with E-state index in [4.69, 9.17) is 10.5 Å². The fraction of sp³-hybridized carbons (Fsp3) is 0.192. The van der Waals surface area contributed by atoms with Crippen molar-refractivity contribution < 1.29 is 14.3 Å². The molecule has 0 unspecified atom stereocenters. The predicted molar refractivity (Wildman–Crippen MR) is 137 cm³/mol. The van der Waals surface area contributed by atoms with E-state index in [-0.39, 0.29) is 11.9 Å². The summed E-state index contributed by atoms with van der Waals surface area (Å²) in [6.07, 6.45) is 9.96. The van der Waals surface area contributed by atoms with Crippen LogP contribution in [0.15, 0.2) is 61.3 Å². The fourth-order valence-corrected chi connectivity index (χ4v) is 4.39. The van der Waals surface area contributed by atoms with Crippen LogP contribution in [-0.4, -0.2) is 46.0 Å². The number of fused-ring (bicyclic) bond motifs is 2. The number of pyridine rings is 3.